The van der Waals surface area contributed by atoms with Crippen molar-refractivity contribution in [2.45, 2.75) is 64.3 Å². The monoisotopic (exact) mass is 252 g/mol. The fourth-order valence-electron chi connectivity index (χ4n) is 3.74. The van der Waals surface area contributed by atoms with Gasteiger partial charge in [0.2, 0.25) is 5.91 Å². The highest BCUT2D eigenvalue weighted by Crippen LogP contribution is 2.33. The quantitative estimate of drug-likeness (QED) is 0.839. The molecule has 3 heteroatoms. The number of nitrogens with zero attached hydrogens (tertiary/aromatic N) is 1. The van der Waals surface area contributed by atoms with Gasteiger partial charge >= 0.3 is 0 Å². The molecule has 1 aliphatic heterocycles. The van der Waals surface area contributed by atoms with Crippen molar-refractivity contribution in [3.63, 3.8) is 0 Å². The number of carbonyl (C=O) groups excluding carboxylic acids is 1. The Balaban J connectivity index is 2.03. The molecule has 2 rings (SSSR count). The third-order valence-electron chi connectivity index (χ3n) is 4.91. The van der Waals surface area contributed by atoms with E-state index in [1.807, 2.05) is 0 Å². The van der Waals surface area contributed by atoms with E-state index in [9.17, 15) is 4.79 Å². The van der Waals surface area contributed by atoms with Crippen LogP contribution in [0.1, 0.15) is 58.3 Å². The Morgan fingerprint density at radius 3 is 2.61 bits per heavy atom. The first-order chi connectivity index (χ1) is 8.77. The SMILES string of the molecule is CCC1CCCCN1C(=O)C1CCCCC1CN. The largest absolute Gasteiger partial charge is 0.339 e. The molecule has 1 saturated heterocycles. The molecule has 1 aliphatic carbocycles. The van der Waals surface area contributed by atoms with Crippen molar-refractivity contribution < 1.29 is 4.79 Å². The van der Waals surface area contributed by atoms with E-state index in [1.54, 1.807) is 0 Å². The molecule has 0 aromatic carbocycles. The van der Waals surface area contributed by atoms with E-state index in [4.69, 9.17) is 5.73 Å². The molecule has 104 valence electrons. The van der Waals surface area contributed by atoms with Gasteiger partial charge in [-0.1, -0.05) is 19.8 Å². The number of nitrogens with two attached hydrogens (primary N) is 1. The van der Waals surface area contributed by atoms with Crippen LogP contribution in [0.5, 0.6) is 0 Å². The van der Waals surface area contributed by atoms with E-state index in [0.29, 0.717) is 24.4 Å². The molecule has 1 heterocycles. The molecular formula is C15H28N2O. The Morgan fingerprint density at radius 2 is 1.89 bits per heavy atom. The first-order valence-electron chi connectivity index (χ1n) is 7.78. The zero-order valence-corrected chi connectivity index (χ0v) is 11.7. The van der Waals surface area contributed by atoms with Crippen LogP contribution in [0.25, 0.3) is 0 Å². The molecule has 0 bridgehead atoms. The lowest BCUT2D eigenvalue weighted by molar-refractivity contribution is -0.142. The Bertz CT molecular complexity index is 254. The maximum atomic E-state index is 12.8. The number of hydrogen-bond acceptors (Lipinski definition) is 2. The maximum Gasteiger partial charge on any atom is 0.226 e. The van der Waals surface area contributed by atoms with Gasteiger partial charge in [-0.3, -0.25) is 4.79 Å². The number of likely N-dealkylation sites (tertiary alicyclic amines) is 1. The second kappa shape index (κ2) is 6.55. The molecule has 1 amide bonds. The predicted molar refractivity (Wildman–Crippen MR) is 74.1 cm³/mol. The van der Waals surface area contributed by atoms with Crippen LogP contribution in [0.4, 0.5) is 0 Å². The molecule has 3 atom stereocenters. The molecule has 2 fully saturated rings. The van der Waals surface area contributed by atoms with E-state index >= 15 is 0 Å². The Kier molecular flexibility index (Phi) is 5.04. The summed E-state index contributed by atoms with van der Waals surface area (Å²) in [5.41, 5.74) is 5.86. The fourth-order valence-corrected chi connectivity index (χ4v) is 3.74. The molecule has 0 radical (unpaired) electrons. The summed E-state index contributed by atoms with van der Waals surface area (Å²) in [5, 5.41) is 0. The highest BCUT2D eigenvalue weighted by Gasteiger charge is 2.35. The number of carbonyl (C=O) groups is 1. The minimum atomic E-state index is 0.218. The summed E-state index contributed by atoms with van der Waals surface area (Å²) in [5.74, 6) is 1.07. The van der Waals surface area contributed by atoms with E-state index in [2.05, 4.69) is 11.8 Å². The van der Waals surface area contributed by atoms with Crippen LogP contribution >= 0.6 is 0 Å². The average Bonchev–Trinajstić information content (AvgIpc) is 2.46. The van der Waals surface area contributed by atoms with Crippen molar-refractivity contribution in [2.75, 3.05) is 13.1 Å². The molecule has 0 spiro atoms. The summed E-state index contributed by atoms with van der Waals surface area (Å²) in [6, 6.07) is 0.492. The zero-order valence-electron chi connectivity index (χ0n) is 11.7. The highest BCUT2D eigenvalue weighted by atomic mass is 16.2. The second-order valence-corrected chi connectivity index (χ2v) is 5.98. The van der Waals surface area contributed by atoms with Gasteiger partial charge in [-0.2, -0.15) is 0 Å². The molecule has 2 aliphatic rings. The zero-order chi connectivity index (χ0) is 13.0. The third kappa shape index (κ3) is 2.87. The smallest absolute Gasteiger partial charge is 0.226 e. The lowest BCUT2D eigenvalue weighted by Crippen LogP contribution is -2.49. The fraction of sp³-hybridized carbons (Fsp3) is 0.933. The number of amides is 1. The van der Waals surface area contributed by atoms with Gasteiger partial charge in [0.1, 0.15) is 0 Å². The van der Waals surface area contributed by atoms with Gasteiger partial charge in [-0.05, 0) is 51.0 Å². The van der Waals surface area contributed by atoms with Gasteiger partial charge in [-0.25, -0.2) is 0 Å². The van der Waals surface area contributed by atoms with Gasteiger partial charge < -0.3 is 10.6 Å². The van der Waals surface area contributed by atoms with Crippen LogP contribution in [0, 0.1) is 11.8 Å². The Labute approximate surface area is 111 Å². The molecule has 2 N–H and O–H groups in total. The molecule has 0 aromatic rings. The maximum absolute atomic E-state index is 12.8. The van der Waals surface area contributed by atoms with Gasteiger partial charge in [0.15, 0.2) is 0 Å². The van der Waals surface area contributed by atoms with E-state index in [0.717, 1.165) is 25.8 Å². The minimum Gasteiger partial charge on any atom is -0.339 e. The van der Waals surface area contributed by atoms with E-state index in [1.165, 1.54) is 32.1 Å². The van der Waals surface area contributed by atoms with Crippen LogP contribution in [0.2, 0.25) is 0 Å². The summed E-state index contributed by atoms with van der Waals surface area (Å²) in [7, 11) is 0. The number of piperidine rings is 1. The second-order valence-electron chi connectivity index (χ2n) is 5.98. The normalized spacial score (nSPS) is 33.4. The van der Waals surface area contributed by atoms with Gasteiger partial charge in [0.05, 0.1) is 0 Å². The Morgan fingerprint density at radius 1 is 1.17 bits per heavy atom. The molecule has 0 aromatic heterocycles. The molecule has 3 nitrogen and oxygen atoms in total. The van der Waals surface area contributed by atoms with Gasteiger partial charge in [-0.15, -0.1) is 0 Å². The van der Waals surface area contributed by atoms with E-state index in [-0.39, 0.29) is 5.92 Å². The minimum absolute atomic E-state index is 0.218. The standard InChI is InChI=1S/C15H28N2O/c1-2-13-8-5-6-10-17(13)15(18)14-9-4-3-7-12(14)11-16/h12-14H,2-11,16H2,1H3. The van der Waals surface area contributed by atoms with Crippen LogP contribution in [0.15, 0.2) is 0 Å². The van der Waals surface area contributed by atoms with E-state index < -0.39 is 0 Å². The molecule has 3 unspecified atom stereocenters. The predicted octanol–water partition coefficient (Wildman–Crippen LogP) is 2.54. The number of rotatable bonds is 3. The summed E-state index contributed by atoms with van der Waals surface area (Å²) in [4.78, 5) is 14.9. The van der Waals surface area contributed by atoms with Crippen molar-refractivity contribution in [2.24, 2.45) is 17.6 Å². The van der Waals surface area contributed by atoms with Crippen molar-refractivity contribution in [1.29, 1.82) is 0 Å². The molecule has 18 heavy (non-hydrogen) atoms. The molecule has 1 saturated carbocycles. The van der Waals surface area contributed by atoms with Crippen LogP contribution in [-0.4, -0.2) is 29.9 Å². The first-order valence-corrected chi connectivity index (χ1v) is 7.78. The van der Waals surface area contributed by atoms with Crippen LogP contribution in [-0.2, 0) is 4.79 Å². The summed E-state index contributed by atoms with van der Waals surface area (Å²) in [6.45, 7) is 3.86. The Hall–Kier alpha value is -0.570. The first kappa shape index (κ1) is 13.9. The third-order valence-corrected chi connectivity index (χ3v) is 4.91. The lowest BCUT2D eigenvalue weighted by Gasteiger charge is -2.40. The van der Waals surface area contributed by atoms with Crippen molar-refractivity contribution >= 4 is 5.91 Å². The van der Waals surface area contributed by atoms with Gasteiger partial charge in [0.25, 0.3) is 0 Å². The lowest BCUT2D eigenvalue weighted by atomic mass is 9.78. The molecular weight excluding hydrogens is 224 g/mol. The highest BCUT2D eigenvalue weighted by molar-refractivity contribution is 5.79. The summed E-state index contributed by atoms with van der Waals surface area (Å²) >= 11 is 0. The topological polar surface area (TPSA) is 46.3 Å². The van der Waals surface area contributed by atoms with Crippen LogP contribution < -0.4 is 5.73 Å². The summed E-state index contributed by atoms with van der Waals surface area (Å²) < 4.78 is 0. The van der Waals surface area contributed by atoms with Gasteiger partial charge in [0, 0.05) is 18.5 Å². The van der Waals surface area contributed by atoms with Crippen molar-refractivity contribution in [3.05, 3.63) is 0 Å². The number of hydrogen-bond donors (Lipinski definition) is 1. The van der Waals surface area contributed by atoms with Crippen molar-refractivity contribution in [1.82, 2.24) is 4.90 Å². The summed E-state index contributed by atoms with van der Waals surface area (Å²) in [6.07, 6.45) is 9.44. The average molecular weight is 252 g/mol. The van der Waals surface area contributed by atoms with Crippen molar-refractivity contribution in [3.8, 4) is 0 Å². The van der Waals surface area contributed by atoms with Crippen LogP contribution in [0.3, 0.4) is 0 Å².